The maximum Gasteiger partial charge on any atom is 0.221 e. The molecular formula is C14H22N2O4. The molecule has 1 aromatic rings. The van der Waals surface area contributed by atoms with Crippen LogP contribution >= 0.6 is 0 Å². The van der Waals surface area contributed by atoms with E-state index in [2.05, 4.69) is 10.6 Å². The molecule has 0 radical (unpaired) electrons. The highest BCUT2D eigenvalue weighted by Crippen LogP contribution is 2.36. The standard InChI is InChI=1S/C14H22N2O4/c1-3-9(2)16-12(18)6-7-15-8-10-4-5-11(17)14(20)13(10)19/h4-5,9,15,17,19-20H,3,6-8H2,1-2H3,(H,16,18). The lowest BCUT2D eigenvalue weighted by Gasteiger charge is -2.12. The normalized spacial score (nSPS) is 12.1. The van der Waals surface area contributed by atoms with Crippen molar-refractivity contribution in [1.29, 1.82) is 0 Å². The minimum Gasteiger partial charge on any atom is -0.504 e. The van der Waals surface area contributed by atoms with E-state index in [1.807, 2.05) is 13.8 Å². The summed E-state index contributed by atoms with van der Waals surface area (Å²) in [6.45, 7) is 4.71. The zero-order valence-corrected chi connectivity index (χ0v) is 11.8. The Morgan fingerprint density at radius 1 is 1.25 bits per heavy atom. The Labute approximate surface area is 118 Å². The van der Waals surface area contributed by atoms with Crippen LogP contribution in [0.5, 0.6) is 17.2 Å². The Morgan fingerprint density at radius 3 is 2.60 bits per heavy atom. The Hall–Kier alpha value is -1.95. The van der Waals surface area contributed by atoms with Gasteiger partial charge in [0.25, 0.3) is 0 Å². The average Bonchev–Trinajstić information content (AvgIpc) is 2.42. The maximum atomic E-state index is 11.5. The summed E-state index contributed by atoms with van der Waals surface area (Å²) in [6, 6.07) is 2.98. The van der Waals surface area contributed by atoms with Gasteiger partial charge in [0.2, 0.25) is 11.7 Å². The van der Waals surface area contributed by atoms with Gasteiger partial charge >= 0.3 is 0 Å². The number of phenols is 3. The first-order valence-electron chi connectivity index (χ1n) is 6.68. The van der Waals surface area contributed by atoms with Crippen LogP contribution in [0.25, 0.3) is 0 Å². The van der Waals surface area contributed by atoms with E-state index in [1.54, 1.807) is 0 Å². The molecule has 0 aliphatic rings. The van der Waals surface area contributed by atoms with Crippen LogP contribution in [-0.2, 0) is 11.3 Å². The highest BCUT2D eigenvalue weighted by Gasteiger charge is 2.10. The first kappa shape index (κ1) is 16.1. The van der Waals surface area contributed by atoms with Crippen molar-refractivity contribution in [2.45, 2.75) is 39.3 Å². The molecule has 6 nitrogen and oxygen atoms in total. The third kappa shape index (κ3) is 4.62. The highest BCUT2D eigenvalue weighted by molar-refractivity contribution is 5.76. The summed E-state index contributed by atoms with van der Waals surface area (Å²) >= 11 is 0. The van der Waals surface area contributed by atoms with Crippen molar-refractivity contribution in [3.05, 3.63) is 17.7 Å². The van der Waals surface area contributed by atoms with Gasteiger partial charge in [-0.15, -0.1) is 0 Å². The molecule has 0 saturated carbocycles. The van der Waals surface area contributed by atoms with Crippen LogP contribution < -0.4 is 10.6 Å². The second-order valence-electron chi connectivity index (χ2n) is 4.74. The van der Waals surface area contributed by atoms with Crippen LogP contribution in [0.15, 0.2) is 12.1 Å². The van der Waals surface area contributed by atoms with Crippen molar-refractivity contribution in [3.8, 4) is 17.2 Å². The van der Waals surface area contributed by atoms with E-state index in [4.69, 9.17) is 0 Å². The van der Waals surface area contributed by atoms with E-state index < -0.39 is 5.75 Å². The minimum absolute atomic E-state index is 0.0235. The number of nitrogens with one attached hydrogen (secondary N) is 2. The van der Waals surface area contributed by atoms with Crippen LogP contribution in [0.4, 0.5) is 0 Å². The molecule has 6 heteroatoms. The first-order valence-corrected chi connectivity index (χ1v) is 6.68. The number of hydrogen-bond donors (Lipinski definition) is 5. The summed E-state index contributed by atoms with van der Waals surface area (Å²) in [5.41, 5.74) is 0.461. The third-order valence-electron chi connectivity index (χ3n) is 3.08. The van der Waals surface area contributed by atoms with E-state index in [1.165, 1.54) is 12.1 Å². The molecule has 0 saturated heterocycles. The number of rotatable bonds is 7. The molecule has 1 amide bonds. The lowest BCUT2D eigenvalue weighted by molar-refractivity contribution is -0.121. The van der Waals surface area contributed by atoms with Crippen molar-refractivity contribution >= 4 is 5.91 Å². The largest absolute Gasteiger partial charge is 0.504 e. The molecule has 0 aromatic heterocycles. The predicted octanol–water partition coefficient (Wildman–Crippen LogP) is 1.20. The molecule has 0 fully saturated rings. The zero-order valence-electron chi connectivity index (χ0n) is 11.8. The van der Waals surface area contributed by atoms with Crippen molar-refractivity contribution in [3.63, 3.8) is 0 Å². The summed E-state index contributed by atoms with van der Waals surface area (Å²) in [7, 11) is 0. The number of carbonyl (C=O) groups excluding carboxylic acids is 1. The summed E-state index contributed by atoms with van der Waals surface area (Å²) in [5, 5.41) is 34.0. The molecule has 0 spiro atoms. The highest BCUT2D eigenvalue weighted by atomic mass is 16.3. The van der Waals surface area contributed by atoms with Crippen LogP contribution in [0, 0.1) is 0 Å². The first-order chi connectivity index (χ1) is 9.45. The zero-order chi connectivity index (χ0) is 15.1. The summed E-state index contributed by atoms with van der Waals surface area (Å²) in [5.74, 6) is -1.26. The van der Waals surface area contributed by atoms with Gasteiger partial charge in [-0.1, -0.05) is 13.0 Å². The molecule has 20 heavy (non-hydrogen) atoms. The summed E-state index contributed by atoms with van der Waals surface area (Å²) in [4.78, 5) is 11.5. The van der Waals surface area contributed by atoms with E-state index in [0.29, 0.717) is 25.1 Å². The van der Waals surface area contributed by atoms with Gasteiger partial charge < -0.3 is 26.0 Å². The molecule has 1 rings (SSSR count). The van der Waals surface area contributed by atoms with Crippen molar-refractivity contribution in [2.24, 2.45) is 0 Å². The number of hydrogen-bond acceptors (Lipinski definition) is 5. The molecule has 0 aliphatic heterocycles. The average molecular weight is 282 g/mol. The summed E-state index contributed by atoms with van der Waals surface area (Å²) < 4.78 is 0. The van der Waals surface area contributed by atoms with Gasteiger partial charge in [0.1, 0.15) is 0 Å². The van der Waals surface area contributed by atoms with Crippen molar-refractivity contribution < 1.29 is 20.1 Å². The number of carbonyl (C=O) groups is 1. The van der Waals surface area contributed by atoms with Crippen LogP contribution in [-0.4, -0.2) is 33.8 Å². The fourth-order valence-electron chi connectivity index (χ4n) is 1.63. The molecule has 112 valence electrons. The van der Waals surface area contributed by atoms with Gasteiger partial charge in [-0.2, -0.15) is 0 Å². The van der Waals surface area contributed by atoms with E-state index in [0.717, 1.165) is 6.42 Å². The number of amides is 1. The lowest BCUT2D eigenvalue weighted by atomic mass is 10.1. The fourth-order valence-corrected chi connectivity index (χ4v) is 1.63. The van der Waals surface area contributed by atoms with E-state index in [9.17, 15) is 20.1 Å². The van der Waals surface area contributed by atoms with E-state index >= 15 is 0 Å². The topological polar surface area (TPSA) is 102 Å². The SMILES string of the molecule is CCC(C)NC(=O)CCNCc1ccc(O)c(O)c1O. The number of benzene rings is 1. The molecule has 1 atom stereocenters. The number of phenolic OH excluding ortho intramolecular Hbond substituents is 3. The quantitative estimate of drug-likeness (QED) is 0.382. The van der Waals surface area contributed by atoms with Gasteiger partial charge in [-0.3, -0.25) is 4.79 Å². The van der Waals surface area contributed by atoms with Gasteiger partial charge in [-0.25, -0.2) is 0 Å². The Bertz CT molecular complexity index is 463. The second kappa shape index (κ2) is 7.59. The monoisotopic (exact) mass is 282 g/mol. The van der Waals surface area contributed by atoms with Crippen LogP contribution in [0.1, 0.15) is 32.3 Å². The smallest absolute Gasteiger partial charge is 0.221 e. The maximum absolute atomic E-state index is 11.5. The third-order valence-corrected chi connectivity index (χ3v) is 3.08. The Balaban J connectivity index is 2.35. The van der Waals surface area contributed by atoms with E-state index in [-0.39, 0.29) is 23.4 Å². The Morgan fingerprint density at radius 2 is 1.95 bits per heavy atom. The minimum atomic E-state index is -0.529. The van der Waals surface area contributed by atoms with Crippen LogP contribution in [0.3, 0.4) is 0 Å². The van der Waals surface area contributed by atoms with Crippen molar-refractivity contribution in [2.75, 3.05) is 6.54 Å². The Kier molecular flexibility index (Phi) is 6.11. The van der Waals surface area contributed by atoms with Gasteiger partial charge in [0, 0.05) is 31.1 Å². The molecular weight excluding hydrogens is 260 g/mol. The van der Waals surface area contributed by atoms with Crippen LogP contribution in [0.2, 0.25) is 0 Å². The van der Waals surface area contributed by atoms with Gasteiger partial charge in [0.05, 0.1) is 0 Å². The fraction of sp³-hybridized carbons (Fsp3) is 0.500. The summed E-state index contributed by atoms with van der Waals surface area (Å²) in [6.07, 6.45) is 1.23. The molecule has 0 heterocycles. The number of aromatic hydroxyl groups is 3. The van der Waals surface area contributed by atoms with Crippen molar-refractivity contribution in [1.82, 2.24) is 10.6 Å². The molecule has 0 aliphatic carbocycles. The lowest BCUT2D eigenvalue weighted by Crippen LogP contribution is -2.33. The van der Waals surface area contributed by atoms with Gasteiger partial charge in [0.15, 0.2) is 11.5 Å². The molecule has 0 bridgehead atoms. The predicted molar refractivity (Wildman–Crippen MR) is 75.7 cm³/mol. The van der Waals surface area contributed by atoms with Gasteiger partial charge in [-0.05, 0) is 19.4 Å². The molecule has 1 aromatic carbocycles. The molecule has 5 N–H and O–H groups in total. The molecule has 1 unspecified atom stereocenters. The second-order valence-corrected chi connectivity index (χ2v) is 4.74.